The van der Waals surface area contributed by atoms with E-state index in [1.165, 1.54) is 36.8 Å². The fourth-order valence-corrected chi connectivity index (χ4v) is 3.26. The summed E-state index contributed by atoms with van der Waals surface area (Å²) >= 11 is 4.03. The molecular weight excluding hydrogens is 480 g/mol. The smallest absolute Gasteiger partial charge is 0.326 e. The molecular formula is C21H28N6O7S. The summed E-state index contributed by atoms with van der Waals surface area (Å²) < 4.78 is 0. The molecule has 1 aromatic carbocycles. The van der Waals surface area contributed by atoms with Gasteiger partial charge in [-0.05, 0) is 17.7 Å². The minimum Gasteiger partial charge on any atom is -0.508 e. The van der Waals surface area contributed by atoms with Gasteiger partial charge in [-0.25, -0.2) is 9.78 Å². The molecule has 0 aliphatic rings. The summed E-state index contributed by atoms with van der Waals surface area (Å²) in [5, 5.41) is 35.4. The maximum Gasteiger partial charge on any atom is 0.326 e. The number of aromatic amines is 1. The molecule has 4 atom stereocenters. The quantitative estimate of drug-likeness (QED) is 0.132. The van der Waals surface area contributed by atoms with Gasteiger partial charge in [-0.15, -0.1) is 0 Å². The molecule has 0 fully saturated rings. The predicted molar refractivity (Wildman–Crippen MR) is 126 cm³/mol. The van der Waals surface area contributed by atoms with E-state index in [1.807, 2.05) is 0 Å². The topological polar surface area (TPSA) is 220 Å². The van der Waals surface area contributed by atoms with Crippen molar-refractivity contribution < 1.29 is 34.5 Å². The number of aliphatic carboxylic acids is 1. The van der Waals surface area contributed by atoms with Gasteiger partial charge in [-0.3, -0.25) is 14.4 Å². The van der Waals surface area contributed by atoms with Crippen LogP contribution in [0.1, 0.15) is 11.3 Å². The molecule has 14 heteroatoms. The van der Waals surface area contributed by atoms with Crippen molar-refractivity contribution in [1.82, 2.24) is 25.9 Å². The van der Waals surface area contributed by atoms with E-state index >= 15 is 0 Å². The van der Waals surface area contributed by atoms with Gasteiger partial charge in [-0.2, -0.15) is 12.6 Å². The number of rotatable bonds is 13. The number of amides is 3. The first-order chi connectivity index (χ1) is 16.6. The second kappa shape index (κ2) is 13.3. The number of hydrogen-bond acceptors (Lipinski definition) is 9. The fourth-order valence-electron chi connectivity index (χ4n) is 3.01. The highest BCUT2D eigenvalue weighted by molar-refractivity contribution is 7.80. The first-order valence-electron chi connectivity index (χ1n) is 10.5. The number of aliphatic hydroxyl groups is 1. The number of nitrogens with two attached hydrogens (primary N) is 1. The van der Waals surface area contributed by atoms with Gasteiger partial charge in [0.15, 0.2) is 0 Å². The molecule has 13 nitrogen and oxygen atoms in total. The SMILES string of the molecule is NC(Cc1cnc[nH]1)C(=O)NC(CO)C(=O)NC(CS)C(=O)NC(Cc1ccc(O)cc1)C(=O)O. The molecule has 190 valence electrons. The number of carboxylic acid groups (broad SMARTS) is 1. The highest BCUT2D eigenvalue weighted by atomic mass is 32.1. The molecule has 9 N–H and O–H groups in total. The number of phenolic OH excluding ortho intramolecular Hbond substituents is 1. The average molecular weight is 509 g/mol. The number of nitrogens with zero attached hydrogens (tertiary/aromatic N) is 1. The van der Waals surface area contributed by atoms with Crippen molar-refractivity contribution in [3.05, 3.63) is 48.0 Å². The van der Waals surface area contributed by atoms with Crippen molar-refractivity contribution in [2.75, 3.05) is 12.4 Å². The molecule has 2 aromatic rings. The Morgan fingerprint density at radius 2 is 1.57 bits per heavy atom. The van der Waals surface area contributed by atoms with Gasteiger partial charge in [0.25, 0.3) is 0 Å². The van der Waals surface area contributed by atoms with Gasteiger partial charge < -0.3 is 42.0 Å². The number of thiol groups is 1. The van der Waals surface area contributed by atoms with E-state index in [0.29, 0.717) is 11.3 Å². The Kier molecular flexibility index (Phi) is 10.5. The van der Waals surface area contributed by atoms with Crippen LogP contribution in [0.4, 0.5) is 0 Å². The zero-order valence-electron chi connectivity index (χ0n) is 18.5. The number of aliphatic hydroxyl groups excluding tert-OH is 1. The zero-order chi connectivity index (χ0) is 26.0. The number of imidazole rings is 1. The van der Waals surface area contributed by atoms with Crippen molar-refractivity contribution >= 4 is 36.3 Å². The van der Waals surface area contributed by atoms with Gasteiger partial charge in [0.1, 0.15) is 23.9 Å². The van der Waals surface area contributed by atoms with E-state index in [0.717, 1.165) is 0 Å². The Morgan fingerprint density at radius 1 is 0.971 bits per heavy atom. The van der Waals surface area contributed by atoms with Crippen molar-refractivity contribution in [3.8, 4) is 5.75 Å². The normalized spacial score (nSPS) is 14.3. The van der Waals surface area contributed by atoms with Gasteiger partial charge in [0.05, 0.1) is 19.0 Å². The molecule has 1 heterocycles. The van der Waals surface area contributed by atoms with E-state index in [2.05, 4.69) is 38.5 Å². The Balaban J connectivity index is 1.96. The van der Waals surface area contributed by atoms with Crippen LogP contribution in [0.5, 0.6) is 5.75 Å². The molecule has 0 aliphatic heterocycles. The highest BCUT2D eigenvalue weighted by Crippen LogP contribution is 2.11. The Morgan fingerprint density at radius 3 is 2.11 bits per heavy atom. The summed E-state index contributed by atoms with van der Waals surface area (Å²) in [7, 11) is 0. The van der Waals surface area contributed by atoms with E-state index in [-0.39, 0.29) is 24.3 Å². The van der Waals surface area contributed by atoms with Crippen LogP contribution >= 0.6 is 12.6 Å². The third kappa shape index (κ3) is 8.59. The van der Waals surface area contributed by atoms with Gasteiger partial charge in [-0.1, -0.05) is 12.1 Å². The molecule has 0 spiro atoms. The van der Waals surface area contributed by atoms with Crippen LogP contribution in [0.15, 0.2) is 36.8 Å². The number of nitrogens with one attached hydrogen (secondary N) is 4. The summed E-state index contributed by atoms with van der Waals surface area (Å²) in [5.74, 6) is -3.89. The summed E-state index contributed by atoms with van der Waals surface area (Å²) in [6, 6.07) is 0.794. The van der Waals surface area contributed by atoms with Crippen molar-refractivity contribution in [2.45, 2.75) is 37.0 Å². The number of H-pyrrole nitrogens is 1. The van der Waals surface area contributed by atoms with E-state index < -0.39 is 54.5 Å². The Hall–Kier alpha value is -3.62. The lowest BCUT2D eigenvalue weighted by atomic mass is 10.1. The lowest BCUT2D eigenvalue weighted by Crippen LogP contribution is -2.58. The molecule has 4 unspecified atom stereocenters. The second-order valence-corrected chi connectivity index (χ2v) is 8.01. The average Bonchev–Trinajstić information content (AvgIpc) is 3.34. The van der Waals surface area contributed by atoms with Gasteiger partial charge in [0, 0.05) is 30.5 Å². The van der Waals surface area contributed by atoms with Crippen LogP contribution in [0, 0.1) is 0 Å². The minimum absolute atomic E-state index is 0.00954. The number of benzene rings is 1. The third-order valence-corrected chi connectivity index (χ3v) is 5.32. The highest BCUT2D eigenvalue weighted by Gasteiger charge is 2.29. The van der Waals surface area contributed by atoms with Gasteiger partial charge in [0.2, 0.25) is 17.7 Å². The molecule has 3 amide bonds. The number of carbonyl (C=O) groups is 4. The maximum absolute atomic E-state index is 12.6. The number of phenols is 1. The molecule has 0 saturated heterocycles. The van der Waals surface area contributed by atoms with E-state index in [4.69, 9.17) is 5.73 Å². The van der Waals surface area contributed by atoms with Crippen molar-refractivity contribution in [3.63, 3.8) is 0 Å². The first-order valence-corrected chi connectivity index (χ1v) is 11.1. The van der Waals surface area contributed by atoms with Crippen molar-refractivity contribution in [1.29, 1.82) is 0 Å². The third-order valence-electron chi connectivity index (χ3n) is 4.95. The zero-order valence-corrected chi connectivity index (χ0v) is 19.4. The number of aromatic nitrogens is 2. The second-order valence-electron chi connectivity index (χ2n) is 7.64. The lowest BCUT2D eigenvalue weighted by molar-refractivity contribution is -0.142. The Bertz CT molecular complexity index is 1000. The fraction of sp³-hybridized carbons (Fsp3) is 0.381. The molecule has 0 aliphatic carbocycles. The summed E-state index contributed by atoms with van der Waals surface area (Å²) in [4.78, 5) is 55.7. The minimum atomic E-state index is -1.40. The van der Waals surface area contributed by atoms with Crippen molar-refractivity contribution in [2.24, 2.45) is 5.73 Å². The molecule has 1 aromatic heterocycles. The van der Waals surface area contributed by atoms with E-state index in [9.17, 15) is 34.5 Å². The van der Waals surface area contributed by atoms with E-state index in [1.54, 1.807) is 0 Å². The lowest BCUT2D eigenvalue weighted by Gasteiger charge is -2.23. The predicted octanol–water partition coefficient (Wildman–Crippen LogP) is -2.31. The molecule has 2 rings (SSSR count). The van der Waals surface area contributed by atoms with Crippen LogP contribution in [0.25, 0.3) is 0 Å². The molecule has 0 bridgehead atoms. The number of carboxylic acids is 1. The summed E-state index contributed by atoms with van der Waals surface area (Å²) in [6.45, 7) is -0.770. The number of aromatic hydroxyl groups is 1. The standard InChI is InChI=1S/C21H28N6O7S/c22-14(6-12-7-23-10-24-12)18(30)26-16(8-28)19(31)27-17(9-35)20(32)25-15(21(33)34)5-11-1-3-13(29)4-2-11/h1-4,7,10,14-17,28-29,35H,5-6,8-9,22H2,(H,23,24)(H,25,32)(H,26,30)(H,27,31)(H,33,34). The van der Waals surface area contributed by atoms with Crippen LogP contribution in [0.2, 0.25) is 0 Å². The monoisotopic (exact) mass is 508 g/mol. The van der Waals surface area contributed by atoms with Crippen LogP contribution in [0.3, 0.4) is 0 Å². The molecule has 0 radical (unpaired) electrons. The maximum atomic E-state index is 12.6. The number of carbonyl (C=O) groups excluding carboxylic acids is 3. The van der Waals surface area contributed by atoms with Crippen LogP contribution in [-0.2, 0) is 32.0 Å². The first kappa shape index (κ1) is 27.6. The summed E-state index contributed by atoms with van der Waals surface area (Å²) in [6.07, 6.45) is 2.96. The Labute approximate surface area is 205 Å². The molecule has 35 heavy (non-hydrogen) atoms. The number of hydrogen-bond donors (Lipinski definition) is 9. The molecule has 0 saturated carbocycles. The van der Waals surface area contributed by atoms with Crippen LogP contribution in [-0.4, -0.2) is 85.5 Å². The van der Waals surface area contributed by atoms with Crippen LogP contribution < -0.4 is 21.7 Å². The summed E-state index contributed by atoms with van der Waals surface area (Å²) in [5.41, 5.74) is 6.98. The van der Waals surface area contributed by atoms with Gasteiger partial charge >= 0.3 is 5.97 Å². The largest absolute Gasteiger partial charge is 0.508 e.